The predicted molar refractivity (Wildman–Crippen MR) is 71.2 cm³/mol. The molecule has 2 rings (SSSR count). The first-order valence-electron chi connectivity index (χ1n) is 6.17. The van der Waals surface area contributed by atoms with E-state index < -0.39 is 9.84 Å². The van der Waals surface area contributed by atoms with Gasteiger partial charge in [-0.2, -0.15) is 0 Å². The van der Waals surface area contributed by atoms with E-state index in [1.165, 1.54) is 0 Å². The number of hydrogen-bond acceptors (Lipinski definition) is 4. The Hall–Kier alpha value is -1.63. The number of hydrogen-bond donors (Lipinski definition) is 2. The van der Waals surface area contributed by atoms with Crippen LogP contribution in [0.25, 0.3) is 0 Å². The van der Waals surface area contributed by atoms with Gasteiger partial charge in [0.15, 0.2) is 9.84 Å². The predicted octanol–water partition coefficient (Wildman–Crippen LogP) is 0.316. The van der Waals surface area contributed by atoms with Gasteiger partial charge < -0.3 is 10.6 Å². The molecule has 2 N–H and O–H groups in total. The van der Waals surface area contributed by atoms with E-state index in [1.54, 1.807) is 6.20 Å². The molecular weight excluding hydrogens is 266 g/mol. The number of urea groups is 1. The Morgan fingerprint density at radius 1 is 1.37 bits per heavy atom. The summed E-state index contributed by atoms with van der Waals surface area (Å²) in [5.41, 5.74) is 0.779. The minimum absolute atomic E-state index is 0.0330. The number of rotatable bonds is 4. The average Bonchev–Trinajstić information content (AvgIpc) is 2.75. The van der Waals surface area contributed by atoms with Crippen molar-refractivity contribution in [3.8, 4) is 0 Å². The first-order chi connectivity index (χ1) is 9.05. The molecule has 0 aromatic carbocycles. The highest BCUT2D eigenvalue weighted by Crippen LogP contribution is 2.17. The molecule has 1 unspecified atom stereocenters. The number of aromatic nitrogens is 1. The molecule has 6 nitrogen and oxygen atoms in total. The summed E-state index contributed by atoms with van der Waals surface area (Å²) in [6.45, 7) is 0.753. The molecule has 0 aliphatic carbocycles. The molecule has 7 heteroatoms. The van der Waals surface area contributed by atoms with Crippen LogP contribution in [-0.2, 0) is 16.4 Å². The molecule has 19 heavy (non-hydrogen) atoms. The van der Waals surface area contributed by atoms with Gasteiger partial charge in [-0.25, -0.2) is 13.2 Å². The fraction of sp³-hybridized carbons (Fsp3) is 0.500. The molecule has 1 aliphatic rings. The topological polar surface area (TPSA) is 88.2 Å². The van der Waals surface area contributed by atoms with Crippen LogP contribution >= 0.6 is 0 Å². The maximum absolute atomic E-state index is 11.5. The molecule has 1 fully saturated rings. The quantitative estimate of drug-likeness (QED) is 0.832. The van der Waals surface area contributed by atoms with Gasteiger partial charge in [0.05, 0.1) is 23.7 Å². The molecule has 1 aromatic heterocycles. The van der Waals surface area contributed by atoms with Gasteiger partial charge >= 0.3 is 6.03 Å². The van der Waals surface area contributed by atoms with Gasteiger partial charge in [0.1, 0.15) is 0 Å². The molecule has 1 aliphatic heterocycles. The number of carbonyl (C=O) groups is 1. The van der Waals surface area contributed by atoms with E-state index in [-0.39, 0.29) is 23.5 Å². The van der Waals surface area contributed by atoms with Gasteiger partial charge in [0.2, 0.25) is 0 Å². The molecule has 104 valence electrons. The van der Waals surface area contributed by atoms with Crippen LogP contribution in [0.3, 0.4) is 0 Å². The molecule has 0 spiro atoms. The van der Waals surface area contributed by atoms with E-state index in [0.717, 1.165) is 5.69 Å². The zero-order valence-electron chi connectivity index (χ0n) is 10.5. The summed E-state index contributed by atoms with van der Waals surface area (Å²) in [6, 6.07) is 5.19. The smallest absolute Gasteiger partial charge is 0.315 e. The first-order valence-corrected chi connectivity index (χ1v) is 7.99. The number of nitrogens with one attached hydrogen (secondary N) is 2. The monoisotopic (exact) mass is 283 g/mol. The van der Waals surface area contributed by atoms with Gasteiger partial charge in [0.25, 0.3) is 0 Å². The van der Waals surface area contributed by atoms with Crippen molar-refractivity contribution < 1.29 is 13.2 Å². The fourth-order valence-electron chi connectivity index (χ4n) is 2.01. The zero-order chi connectivity index (χ0) is 13.7. The lowest BCUT2D eigenvalue weighted by Crippen LogP contribution is -2.38. The molecule has 0 saturated carbocycles. The van der Waals surface area contributed by atoms with Crippen molar-refractivity contribution >= 4 is 15.9 Å². The van der Waals surface area contributed by atoms with Crippen molar-refractivity contribution in [1.82, 2.24) is 15.6 Å². The third kappa shape index (κ3) is 4.51. The Kier molecular flexibility index (Phi) is 4.36. The van der Waals surface area contributed by atoms with Gasteiger partial charge in [-0.1, -0.05) is 6.07 Å². The second-order valence-corrected chi connectivity index (χ2v) is 6.88. The van der Waals surface area contributed by atoms with Crippen LogP contribution in [0, 0.1) is 5.92 Å². The fourth-order valence-corrected chi connectivity index (χ4v) is 3.87. The lowest BCUT2D eigenvalue weighted by atomic mass is 10.1. The largest absolute Gasteiger partial charge is 0.338 e. The van der Waals surface area contributed by atoms with E-state index in [2.05, 4.69) is 15.6 Å². The maximum Gasteiger partial charge on any atom is 0.315 e. The summed E-state index contributed by atoms with van der Waals surface area (Å²) in [6.07, 6.45) is 2.29. The number of carbonyl (C=O) groups excluding carboxylic acids is 1. The van der Waals surface area contributed by atoms with Crippen LogP contribution in [0.2, 0.25) is 0 Å². The average molecular weight is 283 g/mol. The van der Waals surface area contributed by atoms with Gasteiger partial charge in [-0.05, 0) is 24.5 Å². The molecule has 1 atom stereocenters. The summed E-state index contributed by atoms with van der Waals surface area (Å²) < 4.78 is 22.5. The van der Waals surface area contributed by atoms with Crippen molar-refractivity contribution in [3.63, 3.8) is 0 Å². The molecule has 1 aromatic rings. The van der Waals surface area contributed by atoms with Crippen LogP contribution in [0.15, 0.2) is 24.4 Å². The molecule has 2 amide bonds. The minimum atomic E-state index is -2.88. The van der Waals surface area contributed by atoms with Crippen molar-refractivity contribution in [2.24, 2.45) is 5.92 Å². The number of pyridine rings is 1. The minimum Gasteiger partial charge on any atom is -0.338 e. The SMILES string of the molecule is O=C(NCc1ccccn1)NCC1CCS(=O)(=O)C1. The Bertz CT molecular complexity index is 530. The van der Waals surface area contributed by atoms with E-state index in [0.29, 0.717) is 19.5 Å². The Morgan fingerprint density at radius 2 is 2.21 bits per heavy atom. The van der Waals surface area contributed by atoms with Gasteiger partial charge in [-0.15, -0.1) is 0 Å². The second-order valence-electron chi connectivity index (χ2n) is 4.65. The standard InChI is InChI=1S/C12H17N3O3S/c16-12(15-8-11-3-1-2-5-13-11)14-7-10-4-6-19(17,18)9-10/h1-3,5,10H,4,6-9H2,(H2,14,15,16). The second kappa shape index (κ2) is 6.01. The van der Waals surface area contributed by atoms with Crippen molar-refractivity contribution in [1.29, 1.82) is 0 Å². The van der Waals surface area contributed by atoms with Crippen LogP contribution in [0.1, 0.15) is 12.1 Å². The third-order valence-electron chi connectivity index (χ3n) is 3.03. The first kappa shape index (κ1) is 13.8. The molecule has 1 saturated heterocycles. The van der Waals surface area contributed by atoms with E-state index in [4.69, 9.17) is 0 Å². The van der Waals surface area contributed by atoms with Gasteiger partial charge in [-0.3, -0.25) is 4.98 Å². The van der Waals surface area contributed by atoms with E-state index in [1.807, 2.05) is 18.2 Å². The highest BCUT2D eigenvalue weighted by atomic mass is 32.2. The molecule has 0 bridgehead atoms. The number of amides is 2. The summed E-state index contributed by atoms with van der Waals surface area (Å²) in [5, 5.41) is 5.37. The lowest BCUT2D eigenvalue weighted by Gasteiger charge is -2.10. The van der Waals surface area contributed by atoms with Crippen LogP contribution in [-0.4, -0.2) is 37.5 Å². The number of nitrogens with zero attached hydrogens (tertiary/aromatic N) is 1. The van der Waals surface area contributed by atoms with Crippen molar-refractivity contribution in [2.75, 3.05) is 18.1 Å². The van der Waals surface area contributed by atoms with E-state index in [9.17, 15) is 13.2 Å². The molecule has 2 heterocycles. The highest BCUT2D eigenvalue weighted by molar-refractivity contribution is 7.91. The summed E-state index contributed by atoms with van der Waals surface area (Å²) in [4.78, 5) is 15.6. The van der Waals surface area contributed by atoms with Crippen LogP contribution in [0.4, 0.5) is 4.79 Å². The Morgan fingerprint density at radius 3 is 2.84 bits per heavy atom. The molecular formula is C12H17N3O3S. The van der Waals surface area contributed by atoms with Crippen molar-refractivity contribution in [2.45, 2.75) is 13.0 Å². The molecule has 0 radical (unpaired) electrons. The Balaban J connectivity index is 1.68. The van der Waals surface area contributed by atoms with Crippen LogP contribution in [0.5, 0.6) is 0 Å². The summed E-state index contributed by atoms with van der Waals surface area (Å²) >= 11 is 0. The summed E-state index contributed by atoms with van der Waals surface area (Å²) in [5.74, 6) is 0.438. The zero-order valence-corrected chi connectivity index (χ0v) is 11.3. The Labute approximate surface area is 112 Å². The highest BCUT2D eigenvalue weighted by Gasteiger charge is 2.27. The van der Waals surface area contributed by atoms with Gasteiger partial charge in [0, 0.05) is 12.7 Å². The normalized spacial score (nSPS) is 20.9. The maximum atomic E-state index is 11.5. The number of sulfone groups is 1. The third-order valence-corrected chi connectivity index (χ3v) is 4.87. The lowest BCUT2D eigenvalue weighted by molar-refractivity contribution is 0.239. The van der Waals surface area contributed by atoms with E-state index >= 15 is 0 Å². The van der Waals surface area contributed by atoms with Crippen molar-refractivity contribution in [3.05, 3.63) is 30.1 Å². The van der Waals surface area contributed by atoms with Crippen LogP contribution < -0.4 is 10.6 Å². The summed E-state index contributed by atoms with van der Waals surface area (Å²) in [7, 11) is -2.88.